The zero-order chi connectivity index (χ0) is 11.8. The fourth-order valence-electron chi connectivity index (χ4n) is 2.82. The third-order valence-electron chi connectivity index (χ3n) is 4.45. The molecule has 0 aromatic heterocycles. The summed E-state index contributed by atoms with van der Waals surface area (Å²) < 4.78 is 0. The molecule has 0 amide bonds. The Bertz CT molecular complexity index is 351. The minimum absolute atomic E-state index is 0.295. The van der Waals surface area contributed by atoms with Gasteiger partial charge in [0.05, 0.1) is 19.6 Å². The van der Waals surface area contributed by atoms with Crippen molar-refractivity contribution in [3.8, 4) is 0 Å². The second kappa shape index (κ2) is 4.19. The third-order valence-corrected chi connectivity index (χ3v) is 4.45. The first-order valence-corrected chi connectivity index (χ1v) is 6.16. The fourth-order valence-corrected chi connectivity index (χ4v) is 2.82. The number of aliphatic hydroxyl groups is 1. The molecule has 1 unspecified atom stereocenters. The second-order valence-corrected chi connectivity index (χ2v) is 5.21. The maximum Gasteiger partial charge on any atom is 0.103 e. The highest BCUT2D eigenvalue weighted by molar-refractivity contribution is 5.23. The van der Waals surface area contributed by atoms with Crippen molar-refractivity contribution in [2.45, 2.75) is 31.9 Å². The van der Waals surface area contributed by atoms with Gasteiger partial charge in [-0.1, -0.05) is 37.3 Å². The Morgan fingerprint density at radius 1 is 1.25 bits per heavy atom. The quantitative estimate of drug-likeness (QED) is 0.719. The maximum absolute atomic E-state index is 10.9. The summed E-state index contributed by atoms with van der Waals surface area (Å²) in [6.45, 7) is 5.43. The van der Waals surface area contributed by atoms with Crippen LogP contribution in [0.15, 0.2) is 30.3 Å². The van der Waals surface area contributed by atoms with Crippen LogP contribution in [0.25, 0.3) is 0 Å². The molecule has 0 bridgehead atoms. The van der Waals surface area contributed by atoms with Crippen LogP contribution in [0.5, 0.6) is 0 Å². The van der Waals surface area contributed by atoms with Crippen molar-refractivity contribution in [2.24, 2.45) is 5.92 Å². The van der Waals surface area contributed by atoms with E-state index < -0.39 is 5.60 Å². The van der Waals surface area contributed by atoms with Crippen LogP contribution in [0.2, 0.25) is 0 Å². The van der Waals surface area contributed by atoms with Gasteiger partial charge < -0.3 is 10.0 Å². The summed E-state index contributed by atoms with van der Waals surface area (Å²) in [5, 5.41) is 10.9. The van der Waals surface area contributed by atoms with Gasteiger partial charge in [0, 0.05) is 12.3 Å². The lowest BCUT2D eigenvalue weighted by Crippen LogP contribution is -3.15. The molecular weight excluding hydrogens is 198 g/mol. The van der Waals surface area contributed by atoms with Crippen molar-refractivity contribution in [3.63, 3.8) is 0 Å². The normalized spacial score (nSPS) is 39.6. The summed E-state index contributed by atoms with van der Waals surface area (Å²) >= 11 is 0. The summed E-state index contributed by atoms with van der Waals surface area (Å²) in [5.74, 6) is 0.295. The molecule has 2 nitrogen and oxygen atoms in total. The topological polar surface area (TPSA) is 24.7 Å². The Balaban J connectivity index is 2.32. The van der Waals surface area contributed by atoms with Crippen LogP contribution in [-0.2, 0) is 5.60 Å². The van der Waals surface area contributed by atoms with E-state index in [0.717, 1.165) is 18.5 Å². The van der Waals surface area contributed by atoms with Gasteiger partial charge in [-0.15, -0.1) is 0 Å². The first kappa shape index (κ1) is 11.6. The SMILES string of the molecule is C[C@@H]1[C@@H](C)[C@@](O)(c2ccccc2)CC[NH+]1C. The Morgan fingerprint density at radius 2 is 1.88 bits per heavy atom. The van der Waals surface area contributed by atoms with Gasteiger partial charge in [0.25, 0.3) is 0 Å². The van der Waals surface area contributed by atoms with Gasteiger partial charge in [-0.2, -0.15) is 0 Å². The molecule has 1 aliphatic rings. The van der Waals surface area contributed by atoms with E-state index in [1.54, 1.807) is 0 Å². The molecule has 4 atom stereocenters. The molecule has 0 radical (unpaired) electrons. The van der Waals surface area contributed by atoms with Crippen LogP contribution in [0.1, 0.15) is 25.8 Å². The van der Waals surface area contributed by atoms with Crippen molar-refractivity contribution in [1.82, 2.24) is 0 Å². The van der Waals surface area contributed by atoms with Crippen LogP contribution in [0, 0.1) is 5.92 Å². The molecule has 88 valence electrons. The Hall–Kier alpha value is -0.860. The van der Waals surface area contributed by atoms with Crippen LogP contribution < -0.4 is 4.90 Å². The van der Waals surface area contributed by atoms with Gasteiger partial charge in [-0.05, 0) is 12.5 Å². The van der Waals surface area contributed by atoms with E-state index >= 15 is 0 Å². The van der Waals surface area contributed by atoms with Crippen LogP contribution in [-0.4, -0.2) is 24.7 Å². The average molecular weight is 220 g/mol. The van der Waals surface area contributed by atoms with Gasteiger partial charge >= 0.3 is 0 Å². The predicted octanol–water partition coefficient (Wildman–Crippen LogP) is 0.817. The second-order valence-electron chi connectivity index (χ2n) is 5.21. The molecule has 1 aliphatic heterocycles. The zero-order valence-corrected chi connectivity index (χ0v) is 10.4. The third kappa shape index (κ3) is 1.76. The molecule has 2 rings (SSSR count). The number of quaternary nitrogens is 1. The van der Waals surface area contributed by atoms with E-state index in [4.69, 9.17) is 0 Å². The number of piperidine rings is 1. The summed E-state index contributed by atoms with van der Waals surface area (Å²) in [5.41, 5.74) is 0.432. The minimum Gasteiger partial charge on any atom is -0.384 e. The number of likely N-dealkylation sites (tertiary alicyclic amines) is 1. The van der Waals surface area contributed by atoms with E-state index in [-0.39, 0.29) is 0 Å². The highest BCUT2D eigenvalue weighted by Crippen LogP contribution is 2.35. The van der Waals surface area contributed by atoms with Gasteiger partial charge in [-0.3, -0.25) is 0 Å². The van der Waals surface area contributed by atoms with E-state index in [9.17, 15) is 5.11 Å². The Morgan fingerprint density at radius 3 is 2.50 bits per heavy atom. The molecule has 0 saturated carbocycles. The molecule has 2 heteroatoms. The molecule has 1 saturated heterocycles. The molecule has 2 N–H and O–H groups in total. The van der Waals surface area contributed by atoms with Crippen molar-refractivity contribution in [3.05, 3.63) is 35.9 Å². The Labute approximate surface area is 97.9 Å². The maximum atomic E-state index is 10.9. The summed E-state index contributed by atoms with van der Waals surface area (Å²) in [4.78, 5) is 1.52. The van der Waals surface area contributed by atoms with Gasteiger partial charge in [-0.25, -0.2) is 0 Å². The van der Waals surface area contributed by atoms with E-state index in [1.165, 1.54) is 4.90 Å². The lowest BCUT2D eigenvalue weighted by molar-refractivity contribution is -0.917. The Kier molecular flexibility index (Phi) is 3.04. The largest absolute Gasteiger partial charge is 0.384 e. The van der Waals surface area contributed by atoms with Crippen LogP contribution in [0.4, 0.5) is 0 Å². The molecule has 1 aromatic rings. The zero-order valence-electron chi connectivity index (χ0n) is 10.4. The lowest BCUT2D eigenvalue weighted by Gasteiger charge is -2.44. The highest BCUT2D eigenvalue weighted by atomic mass is 16.3. The molecule has 16 heavy (non-hydrogen) atoms. The molecule has 0 spiro atoms. The van der Waals surface area contributed by atoms with Crippen molar-refractivity contribution < 1.29 is 10.0 Å². The number of hydrogen-bond donors (Lipinski definition) is 2. The number of hydrogen-bond acceptors (Lipinski definition) is 1. The standard InChI is InChI=1S/C14H21NO/c1-11-12(2)15(3)10-9-14(11,16)13-7-5-4-6-8-13/h4-8,11-12,16H,9-10H2,1-3H3/p+1/t11-,12-,14-/m1/s1. The smallest absolute Gasteiger partial charge is 0.103 e. The summed E-state index contributed by atoms with van der Waals surface area (Å²) in [6, 6.07) is 10.6. The van der Waals surface area contributed by atoms with Gasteiger partial charge in [0.15, 0.2) is 0 Å². The summed E-state index contributed by atoms with van der Waals surface area (Å²) in [7, 11) is 2.21. The van der Waals surface area contributed by atoms with Gasteiger partial charge in [0.2, 0.25) is 0 Å². The average Bonchev–Trinajstić information content (AvgIpc) is 2.33. The molecular formula is C14H22NO+. The monoisotopic (exact) mass is 220 g/mol. The number of nitrogens with one attached hydrogen (secondary N) is 1. The number of benzene rings is 1. The molecule has 1 fully saturated rings. The highest BCUT2D eigenvalue weighted by Gasteiger charge is 2.45. The van der Waals surface area contributed by atoms with Crippen molar-refractivity contribution in [2.75, 3.05) is 13.6 Å². The van der Waals surface area contributed by atoms with Crippen LogP contribution in [0.3, 0.4) is 0 Å². The minimum atomic E-state index is -0.639. The first-order valence-electron chi connectivity index (χ1n) is 6.16. The van der Waals surface area contributed by atoms with Crippen LogP contribution >= 0.6 is 0 Å². The fraction of sp³-hybridized carbons (Fsp3) is 0.571. The number of rotatable bonds is 1. The molecule has 0 aliphatic carbocycles. The van der Waals surface area contributed by atoms with Crippen molar-refractivity contribution >= 4 is 0 Å². The van der Waals surface area contributed by atoms with E-state index in [2.05, 4.69) is 20.9 Å². The summed E-state index contributed by atoms with van der Waals surface area (Å²) in [6.07, 6.45) is 0.856. The van der Waals surface area contributed by atoms with E-state index in [0.29, 0.717) is 12.0 Å². The first-order chi connectivity index (χ1) is 7.55. The molecule has 1 heterocycles. The molecule has 1 aromatic carbocycles. The lowest BCUT2D eigenvalue weighted by atomic mass is 9.73. The van der Waals surface area contributed by atoms with Crippen molar-refractivity contribution in [1.29, 1.82) is 0 Å². The van der Waals surface area contributed by atoms with Gasteiger partial charge in [0.1, 0.15) is 5.60 Å². The van der Waals surface area contributed by atoms with E-state index in [1.807, 2.05) is 30.3 Å². The predicted molar refractivity (Wildman–Crippen MR) is 65.3 cm³/mol.